The molecule has 0 saturated carbocycles. The Morgan fingerprint density at radius 1 is 0.853 bits per heavy atom. The molecule has 1 aromatic rings. The van der Waals surface area contributed by atoms with Gasteiger partial charge in [-0.15, -0.1) is 0 Å². The number of benzene rings is 1. The van der Waals surface area contributed by atoms with Gasteiger partial charge in [0.15, 0.2) is 5.78 Å². The fourth-order valence-corrected chi connectivity index (χ4v) is 3.00. The Bertz CT molecular complexity index is 903. The van der Waals surface area contributed by atoms with Gasteiger partial charge in [-0.2, -0.15) is 0 Å². The van der Waals surface area contributed by atoms with Gasteiger partial charge in [0, 0.05) is 12.0 Å². The van der Waals surface area contributed by atoms with Crippen molar-refractivity contribution < 1.29 is 33.5 Å². The maximum absolute atomic E-state index is 11.9. The molecular weight excluding hydrogens is 462 g/mol. The summed E-state index contributed by atoms with van der Waals surface area (Å²) >= 11 is 0.818. The molecule has 11 heteroatoms. The Kier molecular flexibility index (Phi) is 13.6. The number of hydrogen-bond donors (Lipinski definition) is 3. The van der Waals surface area contributed by atoms with Crippen molar-refractivity contribution in [1.29, 1.82) is 0 Å². The van der Waals surface area contributed by atoms with E-state index in [1.807, 2.05) is 0 Å². The van der Waals surface area contributed by atoms with Gasteiger partial charge in [0.1, 0.15) is 6.54 Å². The molecule has 34 heavy (non-hydrogen) atoms. The second kappa shape index (κ2) is 16.2. The highest BCUT2D eigenvalue weighted by molar-refractivity contribution is 8.14. The number of carbonyl (C=O) groups excluding carboxylic acids is 6. The molecule has 0 unspecified atom stereocenters. The molecule has 0 spiro atoms. The first kappa shape index (κ1) is 28.6. The molecule has 1 aromatic carbocycles. The Morgan fingerprint density at radius 3 is 2.06 bits per heavy atom. The highest BCUT2D eigenvalue weighted by Gasteiger charge is 2.12. The average molecular weight is 492 g/mol. The van der Waals surface area contributed by atoms with Crippen molar-refractivity contribution >= 4 is 46.4 Å². The molecule has 0 heterocycles. The van der Waals surface area contributed by atoms with E-state index in [4.69, 9.17) is 4.74 Å². The zero-order valence-corrected chi connectivity index (χ0v) is 19.8. The molecule has 0 saturated heterocycles. The van der Waals surface area contributed by atoms with E-state index >= 15 is 0 Å². The van der Waals surface area contributed by atoms with Gasteiger partial charge in [0.25, 0.3) is 0 Å². The number of thioether (sulfide) groups is 1. The normalized spacial score (nSPS) is 10.0. The van der Waals surface area contributed by atoms with Crippen molar-refractivity contribution in [3.8, 4) is 0 Å². The number of carbonyl (C=O) groups is 6. The van der Waals surface area contributed by atoms with Gasteiger partial charge in [-0.05, 0) is 25.3 Å². The van der Waals surface area contributed by atoms with Crippen LogP contribution < -0.4 is 16.0 Å². The molecule has 0 aromatic heterocycles. The fourth-order valence-electron chi connectivity index (χ4n) is 2.33. The molecule has 184 valence electrons. The predicted molar refractivity (Wildman–Crippen MR) is 127 cm³/mol. The first-order valence-corrected chi connectivity index (χ1v) is 11.5. The summed E-state index contributed by atoms with van der Waals surface area (Å²) in [5.41, 5.74) is 0.964. The third kappa shape index (κ3) is 13.2. The summed E-state index contributed by atoms with van der Waals surface area (Å²) in [6.07, 6.45) is 1.42. The molecule has 0 aliphatic carbocycles. The molecule has 0 fully saturated rings. The first-order chi connectivity index (χ1) is 16.2. The third-order valence-corrected chi connectivity index (χ3v) is 5.11. The topological polar surface area (TPSA) is 148 Å². The molecule has 10 nitrogen and oxygen atoms in total. The summed E-state index contributed by atoms with van der Waals surface area (Å²) < 4.78 is 4.95. The number of ketones is 1. The van der Waals surface area contributed by atoms with Crippen molar-refractivity contribution in [2.45, 2.75) is 26.2 Å². The highest BCUT2D eigenvalue weighted by atomic mass is 32.2. The van der Waals surface area contributed by atoms with Crippen LogP contribution in [0.25, 0.3) is 0 Å². The van der Waals surface area contributed by atoms with Gasteiger partial charge in [0.2, 0.25) is 22.8 Å². The Balaban J connectivity index is 2.09. The summed E-state index contributed by atoms with van der Waals surface area (Å²) in [6.45, 7) is 4.23. The monoisotopic (exact) mass is 491 g/mol. The molecule has 3 amide bonds. The van der Waals surface area contributed by atoms with E-state index in [2.05, 4.69) is 22.5 Å². The predicted octanol–water partition coefficient (Wildman–Crippen LogP) is 0.767. The largest absolute Gasteiger partial charge is 0.464 e. The lowest BCUT2D eigenvalue weighted by atomic mass is 10.1. The fraction of sp³-hybridized carbons (Fsp3) is 0.391. The number of esters is 1. The van der Waals surface area contributed by atoms with E-state index in [1.54, 1.807) is 37.3 Å². The van der Waals surface area contributed by atoms with E-state index in [0.29, 0.717) is 30.4 Å². The van der Waals surface area contributed by atoms with Crippen LogP contribution in [-0.2, 0) is 28.7 Å². The van der Waals surface area contributed by atoms with E-state index in [-0.39, 0.29) is 42.9 Å². The van der Waals surface area contributed by atoms with Crippen molar-refractivity contribution in [2.24, 2.45) is 0 Å². The molecule has 1 rings (SSSR count). The average Bonchev–Trinajstić information content (AvgIpc) is 2.83. The third-order valence-electron chi connectivity index (χ3n) is 4.20. The zero-order chi connectivity index (χ0) is 25.3. The van der Waals surface area contributed by atoms with E-state index in [0.717, 1.165) is 11.8 Å². The van der Waals surface area contributed by atoms with Crippen LogP contribution in [0, 0.1) is 0 Å². The standard InChI is InChI=1S/C23H29N3O7S/c1-16(2)18(27)10-6-7-11-33-22(31)14-26-20(29)12-24-19(28)13-25-21(30)15-34-23(32)17-8-4-3-5-9-17/h3-5,8-9H,1,6-7,10-15H2,2H3,(H,24,28)(H,25,30)(H,26,29). The van der Waals surface area contributed by atoms with Gasteiger partial charge in [-0.3, -0.25) is 28.8 Å². The minimum Gasteiger partial charge on any atom is -0.464 e. The van der Waals surface area contributed by atoms with Crippen LogP contribution in [0.15, 0.2) is 42.5 Å². The first-order valence-electron chi connectivity index (χ1n) is 10.6. The van der Waals surface area contributed by atoms with Gasteiger partial charge < -0.3 is 20.7 Å². The maximum Gasteiger partial charge on any atom is 0.325 e. The SMILES string of the molecule is C=C(C)C(=O)CCCCOC(=O)CNC(=O)CNC(=O)CNC(=O)CSC(=O)c1ccccc1. The maximum atomic E-state index is 11.9. The van der Waals surface area contributed by atoms with Gasteiger partial charge in [0.05, 0.1) is 25.4 Å². The van der Waals surface area contributed by atoms with Crippen LogP contribution in [0.1, 0.15) is 36.5 Å². The van der Waals surface area contributed by atoms with Gasteiger partial charge in [-0.25, -0.2) is 0 Å². The van der Waals surface area contributed by atoms with Crippen LogP contribution in [0.4, 0.5) is 0 Å². The lowest BCUT2D eigenvalue weighted by molar-refractivity contribution is -0.144. The number of Topliss-reactive ketones (excluding diaryl/α,β-unsaturated/α-hetero) is 1. The minimum atomic E-state index is -0.638. The Morgan fingerprint density at radius 2 is 1.44 bits per heavy atom. The van der Waals surface area contributed by atoms with Crippen molar-refractivity contribution in [2.75, 3.05) is 32.0 Å². The van der Waals surface area contributed by atoms with Crippen LogP contribution in [-0.4, -0.2) is 66.6 Å². The molecule has 0 aliphatic rings. The summed E-state index contributed by atoms with van der Waals surface area (Å²) in [4.78, 5) is 70.1. The van der Waals surface area contributed by atoms with Crippen LogP contribution in [0.5, 0.6) is 0 Å². The number of nitrogens with one attached hydrogen (secondary N) is 3. The Labute approximate surface area is 202 Å². The van der Waals surface area contributed by atoms with Gasteiger partial charge >= 0.3 is 5.97 Å². The zero-order valence-electron chi connectivity index (χ0n) is 19.0. The van der Waals surface area contributed by atoms with Crippen molar-refractivity contribution in [3.63, 3.8) is 0 Å². The molecule has 0 aliphatic heterocycles. The van der Waals surface area contributed by atoms with Crippen molar-refractivity contribution in [1.82, 2.24) is 16.0 Å². The molecule has 0 bridgehead atoms. The molecule has 3 N–H and O–H groups in total. The van der Waals surface area contributed by atoms with Crippen LogP contribution in [0.2, 0.25) is 0 Å². The second-order valence-electron chi connectivity index (χ2n) is 7.15. The number of allylic oxidation sites excluding steroid dienone is 1. The quantitative estimate of drug-likeness (QED) is 0.185. The van der Waals surface area contributed by atoms with E-state index in [1.165, 1.54) is 0 Å². The number of hydrogen-bond acceptors (Lipinski definition) is 8. The highest BCUT2D eigenvalue weighted by Crippen LogP contribution is 2.11. The molecule has 0 radical (unpaired) electrons. The number of ether oxygens (including phenoxy) is 1. The lowest BCUT2D eigenvalue weighted by Gasteiger charge is -2.08. The summed E-state index contributed by atoms with van der Waals surface area (Å²) in [6, 6.07) is 8.49. The number of amides is 3. The molecular formula is C23H29N3O7S. The number of unbranched alkanes of at least 4 members (excludes halogenated alkanes) is 1. The number of rotatable bonds is 15. The summed E-state index contributed by atoms with van der Waals surface area (Å²) in [7, 11) is 0. The smallest absolute Gasteiger partial charge is 0.325 e. The second-order valence-corrected chi connectivity index (χ2v) is 8.10. The summed E-state index contributed by atoms with van der Waals surface area (Å²) in [5.74, 6) is -2.52. The molecule has 0 atom stereocenters. The summed E-state index contributed by atoms with van der Waals surface area (Å²) in [5, 5.41) is 6.70. The van der Waals surface area contributed by atoms with Crippen LogP contribution >= 0.6 is 11.8 Å². The minimum absolute atomic E-state index is 0.0303. The van der Waals surface area contributed by atoms with E-state index < -0.39 is 23.7 Å². The van der Waals surface area contributed by atoms with Crippen LogP contribution in [0.3, 0.4) is 0 Å². The van der Waals surface area contributed by atoms with E-state index in [9.17, 15) is 28.8 Å². The lowest BCUT2D eigenvalue weighted by Crippen LogP contribution is -2.43. The van der Waals surface area contributed by atoms with Crippen molar-refractivity contribution in [3.05, 3.63) is 48.0 Å². The Hall–Kier alpha value is -3.47. The van der Waals surface area contributed by atoms with Gasteiger partial charge in [-0.1, -0.05) is 48.7 Å².